The van der Waals surface area contributed by atoms with E-state index < -0.39 is 0 Å². The number of nitrogens with one attached hydrogen (secondary N) is 2. The second-order valence-corrected chi connectivity index (χ2v) is 7.52. The van der Waals surface area contributed by atoms with Crippen molar-refractivity contribution in [2.45, 2.75) is 25.8 Å². The van der Waals surface area contributed by atoms with Gasteiger partial charge >= 0.3 is 6.03 Å². The van der Waals surface area contributed by atoms with Gasteiger partial charge in [-0.05, 0) is 67.5 Å². The maximum atomic E-state index is 12.7. The lowest BCUT2D eigenvalue weighted by Crippen LogP contribution is -2.38. The smallest absolute Gasteiger partial charge is 0.319 e. The van der Waals surface area contributed by atoms with Crippen molar-refractivity contribution in [1.29, 1.82) is 0 Å². The van der Waals surface area contributed by atoms with Crippen LogP contribution in [0.15, 0.2) is 48.5 Å². The van der Waals surface area contributed by atoms with Gasteiger partial charge in [-0.25, -0.2) is 4.79 Å². The minimum absolute atomic E-state index is 0.0552. The number of hydrogen-bond acceptors (Lipinski definition) is 6. The fraction of sp³-hybridized carbons (Fsp3) is 0.364. The Labute approximate surface area is 181 Å². The van der Waals surface area contributed by atoms with Crippen molar-refractivity contribution >= 4 is 11.7 Å². The molecule has 31 heavy (non-hydrogen) atoms. The molecule has 0 bridgehead atoms. The maximum absolute atomic E-state index is 12.7. The zero-order chi connectivity index (χ0) is 21.6. The topological polar surface area (TPSA) is 97.2 Å². The molecular weight excluding hydrogens is 394 g/mol. The molecule has 0 aliphatic carbocycles. The molecule has 3 aromatic rings. The van der Waals surface area contributed by atoms with Gasteiger partial charge in [0.25, 0.3) is 0 Å². The zero-order valence-electron chi connectivity index (χ0n) is 17.8. The van der Waals surface area contributed by atoms with Gasteiger partial charge in [-0.1, -0.05) is 24.3 Å². The first kappa shape index (κ1) is 20.8. The van der Waals surface area contributed by atoms with Crippen LogP contribution in [0.1, 0.15) is 30.3 Å². The van der Waals surface area contributed by atoms with E-state index in [2.05, 4.69) is 37.1 Å². The van der Waals surface area contributed by atoms with Crippen LogP contribution < -0.4 is 15.4 Å². The lowest BCUT2D eigenvalue weighted by Gasteiger charge is -2.29. The summed E-state index contributed by atoms with van der Waals surface area (Å²) in [6.07, 6.45) is 2.34. The van der Waals surface area contributed by atoms with Crippen LogP contribution in [0.4, 0.5) is 10.5 Å². The number of anilines is 1. The summed E-state index contributed by atoms with van der Waals surface area (Å²) in [6.45, 7) is 4.33. The Morgan fingerprint density at radius 2 is 1.97 bits per heavy atom. The third kappa shape index (κ3) is 4.83. The number of aryl methyl sites for hydroxylation is 1. The molecule has 2 heterocycles. The Balaban J connectivity index is 1.44. The van der Waals surface area contributed by atoms with Crippen LogP contribution >= 0.6 is 0 Å². The molecule has 4 rings (SSSR count). The van der Waals surface area contributed by atoms with Gasteiger partial charge in [0.15, 0.2) is 5.82 Å². The van der Waals surface area contributed by atoms with E-state index >= 15 is 0 Å². The third-order valence-electron chi connectivity index (χ3n) is 5.51. The second kappa shape index (κ2) is 9.57. The maximum Gasteiger partial charge on any atom is 0.319 e. The minimum Gasteiger partial charge on any atom is -0.496 e. The van der Waals surface area contributed by atoms with Gasteiger partial charge in [0.2, 0.25) is 0 Å². The first-order chi connectivity index (χ1) is 15.2. The van der Waals surface area contributed by atoms with E-state index in [4.69, 9.17) is 4.74 Å². The summed E-state index contributed by atoms with van der Waals surface area (Å²) in [5.41, 5.74) is 2.53. The molecule has 162 valence electrons. The van der Waals surface area contributed by atoms with Crippen molar-refractivity contribution in [1.82, 2.24) is 30.4 Å². The highest BCUT2D eigenvalue weighted by Crippen LogP contribution is 2.31. The summed E-state index contributed by atoms with van der Waals surface area (Å²) in [5.74, 6) is 1.51. The number of amides is 2. The molecule has 9 heteroatoms. The van der Waals surface area contributed by atoms with Crippen molar-refractivity contribution < 1.29 is 9.53 Å². The number of ether oxygens (including phenoxy) is 1. The van der Waals surface area contributed by atoms with E-state index in [-0.39, 0.29) is 12.1 Å². The molecule has 9 nitrogen and oxygen atoms in total. The number of carbonyl (C=O) groups is 1. The van der Waals surface area contributed by atoms with Crippen LogP contribution in [0.3, 0.4) is 0 Å². The van der Waals surface area contributed by atoms with Crippen molar-refractivity contribution in [2.24, 2.45) is 0 Å². The Morgan fingerprint density at radius 3 is 2.71 bits per heavy atom. The summed E-state index contributed by atoms with van der Waals surface area (Å²) in [7, 11) is 1.68. The van der Waals surface area contributed by atoms with Crippen molar-refractivity contribution in [3.05, 3.63) is 59.9 Å². The van der Waals surface area contributed by atoms with E-state index in [1.54, 1.807) is 11.8 Å². The predicted octanol–water partition coefficient (Wildman–Crippen LogP) is 2.94. The first-order valence-electron chi connectivity index (χ1n) is 10.4. The molecule has 1 aliphatic rings. The average Bonchev–Trinajstić information content (AvgIpc) is 3.46. The standard InChI is InChI=1S/C22H27N7O2/c1-16-25-26-27-29(16)18-9-7-8-17(14-18)24-22(30)23-15-20(28-12-5-6-13-28)19-10-3-4-11-21(19)31-2/h3-4,7-11,14,20H,5-6,12-13,15H2,1-2H3,(H2,23,24,30). The lowest BCUT2D eigenvalue weighted by atomic mass is 10.0. The van der Waals surface area contributed by atoms with Gasteiger partial charge in [0.1, 0.15) is 5.75 Å². The molecule has 1 saturated heterocycles. The number of methoxy groups -OCH3 is 1. The number of benzene rings is 2. The molecular formula is C22H27N7O2. The van der Waals surface area contributed by atoms with Crippen molar-refractivity contribution in [2.75, 3.05) is 32.1 Å². The van der Waals surface area contributed by atoms with Gasteiger partial charge in [0.05, 0.1) is 18.8 Å². The SMILES string of the molecule is COc1ccccc1C(CNC(=O)Nc1cccc(-n2nnnc2C)c1)N1CCCC1. The number of aromatic nitrogens is 4. The second-order valence-electron chi connectivity index (χ2n) is 7.52. The highest BCUT2D eigenvalue weighted by Gasteiger charge is 2.26. The molecule has 2 amide bonds. The van der Waals surface area contributed by atoms with Gasteiger partial charge in [-0.2, -0.15) is 4.68 Å². The summed E-state index contributed by atoms with van der Waals surface area (Å²) >= 11 is 0. The highest BCUT2D eigenvalue weighted by atomic mass is 16.5. The summed E-state index contributed by atoms with van der Waals surface area (Å²) in [5, 5.41) is 17.5. The summed E-state index contributed by atoms with van der Waals surface area (Å²) in [6, 6.07) is 15.2. The van der Waals surface area contributed by atoms with Crippen LogP contribution in [0, 0.1) is 6.92 Å². The normalized spacial score (nSPS) is 14.9. The average molecular weight is 422 g/mol. The van der Waals surface area contributed by atoms with E-state index in [1.807, 2.05) is 49.4 Å². The molecule has 0 spiro atoms. The van der Waals surface area contributed by atoms with Crippen molar-refractivity contribution in [3.63, 3.8) is 0 Å². The van der Waals surface area contributed by atoms with Gasteiger partial charge in [0, 0.05) is 17.8 Å². The number of urea groups is 1. The third-order valence-corrected chi connectivity index (χ3v) is 5.51. The van der Waals surface area contributed by atoms with Gasteiger partial charge in [-0.15, -0.1) is 5.10 Å². The van der Waals surface area contributed by atoms with E-state index in [0.717, 1.165) is 30.1 Å². The van der Waals surface area contributed by atoms with Crippen LogP contribution in [0.2, 0.25) is 0 Å². The number of para-hydroxylation sites is 1. The Morgan fingerprint density at radius 1 is 1.16 bits per heavy atom. The number of hydrogen-bond donors (Lipinski definition) is 2. The molecule has 1 aliphatic heterocycles. The molecule has 1 unspecified atom stereocenters. The monoisotopic (exact) mass is 421 g/mol. The highest BCUT2D eigenvalue weighted by molar-refractivity contribution is 5.89. The van der Waals surface area contributed by atoms with Gasteiger partial charge in [-0.3, -0.25) is 4.90 Å². The predicted molar refractivity (Wildman–Crippen MR) is 117 cm³/mol. The molecule has 1 aromatic heterocycles. The number of likely N-dealkylation sites (tertiary alicyclic amines) is 1. The lowest BCUT2D eigenvalue weighted by molar-refractivity contribution is 0.224. The van der Waals surface area contributed by atoms with E-state index in [9.17, 15) is 4.79 Å². The molecule has 2 N–H and O–H groups in total. The van der Waals surface area contributed by atoms with E-state index in [0.29, 0.717) is 18.1 Å². The van der Waals surface area contributed by atoms with Crippen LogP contribution in [0.5, 0.6) is 5.75 Å². The fourth-order valence-electron chi connectivity index (χ4n) is 3.98. The first-order valence-corrected chi connectivity index (χ1v) is 10.4. The summed E-state index contributed by atoms with van der Waals surface area (Å²) in [4.78, 5) is 15.1. The number of tetrazole rings is 1. The largest absolute Gasteiger partial charge is 0.496 e. The van der Waals surface area contributed by atoms with Crippen molar-refractivity contribution in [3.8, 4) is 11.4 Å². The molecule has 2 aromatic carbocycles. The van der Waals surface area contributed by atoms with Crippen LogP contribution in [-0.4, -0.2) is 57.9 Å². The van der Waals surface area contributed by atoms with Crippen LogP contribution in [0.25, 0.3) is 5.69 Å². The fourth-order valence-corrected chi connectivity index (χ4v) is 3.98. The van der Waals surface area contributed by atoms with E-state index in [1.165, 1.54) is 12.8 Å². The number of nitrogens with zero attached hydrogens (tertiary/aromatic N) is 5. The molecule has 0 radical (unpaired) electrons. The van der Waals surface area contributed by atoms with Gasteiger partial charge < -0.3 is 15.4 Å². The number of carbonyl (C=O) groups excluding carboxylic acids is 1. The number of rotatable bonds is 7. The van der Waals surface area contributed by atoms with Crippen LogP contribution in [-0.2, 0) is 0 Å². The Bertz CT molecular complexity index is 1030. The minimum atomic E-state index is -0.260. The molecule has 0 saturated carbocycles. The summed E-state index contributed by atoms with van der Waals surface area (Å²) < 4.78 is 7.19. The Kier molecular flexibility index (Phi) is 6.42. The Hall–Kier alpha value is -3.46. The quantitative estimate of drug-likeness (QED) is 0.609. The molecule has 1 fully saturated rings. The molecule has 1 atom stereocenters. The zero-order valence-corrected chi connectivity index (χ0v) is 17.8.